The van der Waals surface area contributed by atoms with E-state index >= 15 is 0 Å². The molecule has 2 N–H and O–H groups in total. The first-order chi connectivity index (χ1) is 11.9. The monoisotopic (exact) mass is 369 g/mol. The highest BCUT2D eigenvalue weighted by Gasteiger charge is 2.43. The molecule has 0 atom stereocenters. The number of hydrogen-bond donors (Lipinski definition) is 1. The van der Waals surface area contributed by atoms with Crippen molar-refractivity contribution >= 4 is 32.9 Å². The molecule has 0 heterocycles. The van der Waals surface area contributed by atoms with Crippen molar-refractivity contribution < 1.29 is 8.42 Å². The molecule has 0 radical (unpaired) electrons. The van der Waals surface area contributed by atoms with Gasteiger partial charge in [0.2, 0.25) is 10.0 Å². The van der Waals surface area contributed by atoms with E-state index in [1.54, 1.807) is 23.9 Å². The fourth-order valence-corrected chi connectivity index (χ4v) is 4.20. The van der Waals surface area contributed by atoms with Crippen LogP contribution in [-0.2, 0) is 10.0 Å². The molecule has 4 rings (SSSR count). The van der Waals surface area contributed by atoms with Crippen LogP contribution in [0, 0.1) is 5.41 Å². The van der Waals surface area contributed by atoms with E-state index in [9.17, 15) is 8.42 Å². The molecule has 0 unspecified atom stereocenters. The quantitative estimate of drug-likeness (QED) is 0.817. The lowest BCUT2D eigenvalue weighted by molar-refractivity contribution is 0.598. The largest absolute Gasteiger partial charge is 0.238 e. The number of rotatable bonds is 4. The normalized spacial score (nSPS) is 18.2. The van der Waals surface area contributed by atoms with Crippen molar-refractivity contribution in [3.05, 3.63) is 71.8 Å². The average molecular weight is 370 g/mol. The van der Waals surface area contributed by atoms with Gasteiger partial charge in [-0.2, -0.15) is 0 Å². The van der Waals surface area contributed by atoms with Gasteiger partial charge in [0.15, 0.2) is 0 Å². The molecule has 5 heteroatoms. The minimum atomic E-state index is -3.66. The van der Waals surface area contributed by atoms with Crippen LogP contribution in [0.5, 0.6) is 0 Å². The SMILES string of the molecule is CSc1ccc(C2=CC3(C=C2c2ccc(S(N)(=O)=O)cc2)CC3)cc1. The summed E-state index contributed by atoms with van der Waals surface area (Å²) < 4.78 is 22.9. The van der Waals surface area contributed by atoms with Crippen LogP contribution in [-0.4, -0.2) is 14.7 Å². The van der Waals surface area contributed by atoms with Gasteiger partial charge in [0.1, 0.15) is 0 Å². The molecule has 1 saturated carbocycles. The van der Waals surface area contributed by atoms with Crippen LogP contribution >= 0.6 is 11.8 Å². The second-order valence-corrected chi connectivity index (χ2v) is 9.09. The molecule has 2 aliphatic rings. The summed E-state index contributed by atoms with van der Waals surface area (Å²) in [6, 6.07) is 15.4. The zero-order valence-electron chi connectivity index (χ0n) is 13.9. The van der Waals surface area contributed by atoms with Gasteiger partial charge in [0.25, 0.3) is 0 Å². The Labute approximate surface area is 152 Å². The highest BCUT2D eigenvalue weighted by atomic mass is 32.2. The molecule has 0 saturated heterocycles. The lowest BCUT2D eigenvalue weighted by atomic mass is 9.95. The van der Waals surface area contributed by atoms with Crippen molar-refractivity contribution in [3.63, 3.8) is 0 Å². The molecular formula is C20H19NO2S2. The number of thioether (sulfide) groups is 1. The first kappa shape index (κ1) is 16.6. The van der Waals surface area contributed by atoms with Crippen molar-refractivity contribution in [2.75, 3.05) is 6.26 Å². The van der Waals surface area contributed by atoms with Gasteiger partial charge < -0.3 is 0 Å². The number of nitrogens with two attached hydrogens (primary N) is 1. The highest BCUT2D eigenvalue weighted by Crippen LogP contribution is 2.57. The van der Waals surface area contributed by atoms with E-state index in [-0.39, 0.29) is 10.3 Å². The predicted molar refractivity (Wildman–Crippen MR) is 104 cm³/mol. The molecular weight excluding hydrogens is 350 g/mol. The van der Waals surface area contributed by atoms with Crippen LogP contribution in [0.15, 0.2) is 70.5 Å². The Bertz CT molecular complexity index is 981. The summed E-state index contributed by atoms with van der Waals surface area (Å²) in [7, 11) is -3.66. The minimum Gasteiger partial charge on any atom is -0.225 e. The van der Waals surface area contributed by atoms with Crippen LogP contribution in [0.1, 0.15) is 24.0 Å². The van der Waals surface area contributed by atoms with E-state index < -0.39 is 10.0 Å². The second-order valence-electron chi connectivity index (χ2n) is 6.65. The molecule has 2 aromatic carbocycles. The van der Waals surface area contributed by atoms with Crippen LogP contribution < -0.4 is 5.14 Å². The highest BCUT2D eigenvalue weighted by molar-refractivity contribution is 7.98. The average Bonchev–Trinajstić information content (AvgIpc) is 3.25. The molecule has 3 nitrogen and oxygen atoms in total. The van der Waals surface area contributed by atoms with Crippen LogP contribution in [0.4, 0.5) is 0 Å². The summed E-state index contributed by atoms with van der Waals surface area (Å²) in [5, 5.41) is 5.20. The Kier molecular flexibility index (Phi) is 3.90. The van der Waals surface area contributed by atoms with Crippen molar-refractivity contribution in [2.24, 2.45) is 10.6 Å². The third-order valence-electron chi connectivity index (χ3n) is 4.88. The zero-order valence-corrected chi connectivity index (χ0v) is 15.5. The number of allylic oxidation sites excluding steroid dienone is 4. The van der Waals surface area contributed by atoms with Crippen LogP contribution in [0.25, 0.3) is 11.1 Å². The van der Waals surface area contributed by atoms with Gasteiger partial charge in [-0.3, -0.25) is 0 Å². The summed E-state index contributed by atoms with van der Waals surface area (Å²) in [6.07, 6.45) is 9.12. The van der Waals surface area contributed by atoms with E-state index in [1.807, 2.05) is 12.1 Å². The Hall–Kier alpha value is -1.82. The third-order valence-corrected chi connectivity index (χ3v) is 6.55. The lowest BCUT2D eigenvalue weighted by Crippen LogP contribution is -2.11. The summed E-state index contributed by atoms with van der Waals surface area (Å²) >= 11 is 1.73. The summed E-state index contributed by atoms with van der Waals surface area (Å²) in [5.74, 6) is 0. The topological polar surface area (TPSA) is 60.2 Å². The Morgan fingerprint density at radius 1 is 0.880 bits per heavy atom. The fraction of sp³-hybridized carbons (Fsp3) is 0.200. The molecule has 25 heavy (non-hydrogen) atoms. The van der Waals surface area contributed by atoms with Crippen molar-refractivity contribution in [3.8, 4) is 0 Å². The first-order valence-corrected chi connectivity index (χ1v) is 10.9. The maximum atomic E-state index is 11.5. The Morgan fingerprint density at radius 3 is 1.76 bits per heavy atom. The van der Waals surface area contributed by atoms with Crippen molar-refractivity contribution in [2.45, 2.75) is 22.6 Å². The van der Waals surface area contributed by atoms with Gasteiger partial charge in [-0.15, -0.1) is 11.8 Å². The molecule has 1 spiro atoms. The number of hydrogen-bond acceptors (Lipinski definition) is 3. The first-order valence-electron chi connectivity index (χ1n) is 8.14. The third kappa shape index (κ3) is 3.19. The van der Waals surface area contributed by atoms with Crippen molar-refractivity contribution in [1.29, 1.82) is 0 Å². The van der Waals surface area contributed by atoms with Crippen LogP contribution in [0.3, 0.4) is 0 Å². The minimum absolute atomic E-state index is 0.144. The number of benzene rings is 2. The predicted octanol–water partition coefficient (Wildman–Crippen LogP) is 4.32. The molecule has 2 aliphatic carbocycles. The zero-order chi connectivity index (χ0) is 17.7. The lowest BCUT2D eigenvalue weighted by Gasteiger charge is -2.11. The van der Waals surface area contributed by atoms with E-state index in [0.29, 0.717) is 0 Å². The molecule has 0 aliphatic heterocycles. The molecule has 128 valence electrons. The summed E-state index contributed by atoms with van der Waals surface area (Å²) in [4.78, 5) is 1.39. The van der Waals surface area contributed by atoms with Gasteiger partial charge in [-0.05, 0) is 65.6 Å². The van der Waals surface area contributed by atoms with Gasteiger partial charge in [0, 0.05) is 10.3 Å². The summed E-state index contributed by atoms with van der Waals surface area (Å²) in [6.45, 7) is 0. The van der Waals surface area contributed by atoms with Crippen LogP contribution in [0.2, 0.25) is 0 Å². The molecule has 0 aromatic heterocycles. The summed E-state index contributed by atoms with van der Waals surface area (Å²) in [5.41, 5.74) is 4.82. The van der Waals surface area contributed by atoms with Gasteiger partial charge >= 0.3 is 0 Å². The number of sulfonamides is 1. The fourth-order valence-electron chi connectivity index (χ4n) is 3.28. The maximum Gasteiger partial charge on any atom is 0.238 e. The van der Waals surface area contributed by atoms with Crippen molar-refractivity contribution in [1.82, 2.24) is 0 Å². The van der Waals surface area contributed by atoms with Gasteiger partial charge in [0.05, 0.1) is 4.90 Å². The number of primary sulfonamides is 1. The van der Waals surface area contributed by atoms with E-state index in [4.69, 9.17) is 5.14 Å². The standard InChI is InChI=1S/C20H19NO2S2/c1-24-16-6-2-14(3-7-16)18-12-20(10-11-20)13-19(18)15-4-8-17(9-5-15)25(21,22)23/h2-9,12-13H,10-11H2,1H3,(H2,21,22,23). The second kappa shape index (κ2) is 5.87. The van der Waals surface area contributed by atoms with E-state index in [0.717, 1.165) is 5.56 Å². The smallest absolute Gasteiger partial charge is 0.225 e. The van der Waals surface area contributed by atoms with Gasteiger partial charge in [-0.25, -0.2) is 13.6 Å². The molecule has 1 fully saturated rings. The maximum absolute atomic E-state index is 11.5. The molecule has 2 aromatic rings. The van der Waals surface area contributed by atoms with E-state index in [1.165, 1.54) is 34.4 Å². The molecule has 0 bridgehead atoms. The Balaban J connectivity index is 1.73. The van der Waals surface area contributed by atoms with Gasteiger partial charge in [-0.1, -0.05) is 36.4 Å². The molecule has 0 amide bonds. The van der Waals surface area contributed by atoms with E-state index in [2.05, 4.69) is 42.7 Å². The Morgan fingerprint density at radius 2 is 1.36 bits per heavy atom.